The van der Waals surface area contributed by atoms with Crippen LogP contribution in [0, 0.1) is 5.92 Å². The van der Waals surface area contributed by atoms with Crippen LogP contribution in [0.25, 0.3) is 0 Å². The van der Waals surface area contributed by atoms with E-state index in [1.54, 1.807) is 0 Å². The van der Waals surface area contributed by atoms with Crippen LogP contribution in [0.3, 0.4) is 0 Å². The summed E-state index contributed by atoms with van der Waals surface area (Å²) in [6.07, 6.45) is 7.25. The first-order valence-corrected chi connectivity index (χ1v) is 7.23. The van der Waals surface area contributed by atoms with Crippen LogP contribution in [-0.2, 0) is 6.42 Å². The molecule has 0 aliphatic heterocycles. The minimum atomic E-state index is 0.703. The van der Waals surface area contributed by atoms with E-state index in [0.29, 0.717) is 5.88 Å². The third kappa shape index (κ3) is 3.95. The monoisotopic (exact) mass is 298 g/mol. The maximum absolute atomic E-state index is 5.70. The third-order valence-corrected chi connectivity index (χ3v) is 3.60. The molecule has 1 saturated carbocycles. The van der Waals surface area contributed by atoms with E-state index >= 15 is 0 Å². The Hall–Kier alpha value is -0.640. The maximum Gasteiger partial charge on any atom is 0.217 e. The van der Waals surface area contributed by atoms with Crippen LogP contribution in [0.1, 0.15) is 44.9 Å². The van der Waals surface area contributed by atoms with Gasteiger partial charge in [0.15, 0.2) is 0 Å². The average Bonchev–Trinajstić information content (AvgIpc) is 2.21. The first kappa shape index (κ1) is 12.8. The molecule has 0 N–H and O–H groups in total. The van der Waals surface area contributed by atoms with Crippen LogP contribution in [0.2, 0.25) is 0 Å². The second-order valence-corrected chi connectivity index (χ2v) is 5.44. The summed E-state index contributed by atoms with van der Waals surface area (Å²) >= 11 is 3.40. The van der Waals surface area contributed by atoms with Gasteiger partial charge < -0.3 is 4.74 Å². The summed E-state index contributed by atoms with van der Waals surface area (Å²) in [5.41, 5.74) is 0. The molecule has 4 heteroatoms. The Bertz CT molecular complexity index is 366. The van der Waals surface area contributed by atoms with Gasteiger partial charge in [-0.25, -0.2) is 4.98 Å². The SMILES string of the molecule is CCCc1nc(Br)cc(OCCC2CCC2)n1. The lowest BCUT2D eigenvalue weighted by Crippen LogP contribution is -2.15. The predicted molar refractivity (Wildman–Crippen MR) is 71.2 cm³/mol. The summed E-state index contributed by atoms with van der Waals surface area (Å²) in [6.45, 7) is 2.90. The Kier molecular flexibility index (Phi) is 4.77. The molecule has 2 rings (SSSR count). The highest BCUT2D eigenvalue weighted by Crippen LogP contribution is 2.29. The highest BCUT2D eigenvalue weighted by atomic mass is 79.9. The van der Waals surface area contributed by atoms with Crippen LogP contribution in [0.15, 0.2) is 10.7 Å². The molecule has 0 radical (unpaired) electrons. The Labute approximate surface area is 111 Å². The maximum atomic E-state index is 5.70. The minimum absolute atomic E-state index is 0.703. The molecule has 1 heterocycles. The van der Waals surface area contributed by atoms with Crippen molar-refractivity contribution in [1.82, 2.24) is 9.97 Å². The van der Waals surface area contributed by atoms with Gasteiger partial charge in [-0.15, -0.1) is 0 Å². The molecule has 1 aromatic rings. The van der Waals surface area contributed by atoms with E-state index < -0.39 is 0 Å². The van der Waals surface area contributed by atoms with Gasteiger partial charge in [0, 0.05) is 12.5 Å². The van der Waals surface area contributed by atoms with Gasteiger partial charge in [-0.2, -0.15) is 4.98 Å². The van der Waals surface area contributed by atoms with Crippen molar-refractivity contribution in [3.63, 3.8) is 0 Å². The first-order valence-electron chi connectivity index (χ1n) is 6.44. The molecular weight excluding hydrogens is 280 g/mol. The Balaban J connectivity index is 1.85. The van der Waals surface area contributed by atoms with Crippen molar-refractivity contribution in [3.05, 3.63) is 16.5 Å². The molecule has 1 fully saturated rings. The lowest BCUT2D eigenvalue weighted by atomic mass is 9.83. The molecule has 94 valence electrons. The first-order chi connectivity index (χ1) is 8.28. The van der Waals surface area contributed by atoms with E-state index in [4.69, 9.17) is 4.74 Å². The largest absolute Gasteiger partial charge is 0.478 e. The van der Waals surface area contributed by atoms with Gasteiger partial charge >= 0.3 is 0 Å². The van der Waals surface area contributed by atoms with Crippen molar-refractivity contribution >= 4 is 15.9 Å². The summed E-state index contributed by atoms with van der Waals surface area (Å²) < 4.78 is 6.51. The van der Waals surface area contributed by atoms with Crippen molar-refractivity contribution in [2.45, 2.75) is 45.4 Å². The fourth-order valence-corrected chi connectivity index (χ4v) is 2.36. The number of hydrogen-bond donors (Lipinski definition) is 0. The number of ether oxygens (including phenoxy) is 1. The van der Waals surface area contributed by atoms with E-state index in [1.807, 2.05) is 6.07 Å². The van der Waals surface area contributed by atoms with Crippen LogP contribution in [0.4, 0.5) is 0 Å². The van der Waals surface area contributed by atoms with E-state index in [0.717, 1.165) is 42.2 Å². The summed E-state index contributed by atoms with van der Waals surface area (Å²) in [7, 11) is 0. The molecule has 1 aromatic heterocycles. The molecule has 0 spiro atoms. The molecule has 0 bridgehead atoms. The zero-order valence-electron chi connectivity index (χ0n) is 10.3. The summed E-state index contributed by atoms with van der Waals surface area (Å²) in [4.78, 5) is 8.72. The second kappa shape index (κ2) is 6.34. The van der Waals surface area contributed by atoms with Crippen LogP contribution in [-0.4, -0.2) is 16.6 Å². The van der Waals surface area contributed by atoms with E-state index in [1.165, 1.54) is 19.3 Å². The van der Waals surface area contributed by atoms with E-state index in [-0.39, 0.29) is 0 Å². The van der Waals surface area contributed by atoms with Gasteiger partial charge in [-0.3, -0.25) is 0 Å². The van der Waals surface area contributed by atoms with Crippen molar-refractivity contribution in [2.75, 3.05) is 6.61 Å². The average molecular weight is 299 g/mol. The van der Waals surface area contributed by atoms with Crippen molar-refractivity contribution in [2.24, 2.45) is 5.92 Å². The number of halogens is 1. The van der Waals surface area contributed by atoms with Gasteiger partial charge in [-0.05, 0) is 34.7 Å². The quantitative estimate of drug-likeness (QED) is 0.750. The summed E-state index contributed by atoms with van der Waals surface area (Å²) in [5.74, 6) is 2.45. The molecular formula is C13H19BrN2O. The normalized spacial score (nSPS) is 15.6. The van der Waals surface area contributed by atoms with E-state index in [9.17, 15) is 0 Å². The predicted octanol–water partition coefficient (Wildman–Crippen LogP) is 3.76. The minimum Gasteiger partial charge on any atom is -0.478 e. The zero-order valence-corrected chi connectivity index (χ0v) is 11.9. The van der Waals surface area contributed by atoms with Crippen molar-refractivity contribution in [3.8, 4) is 5.88 Å². The van der Waals surface area contributed by atoms with Crippen molar-refractivity contribution in [1.29, 1.82) is 0 Å². The molecule has 0 aromatic carbocycles. The Morgan fingerprint density at radius 3 is 2.88 bits per heavy atom. The van der Waals surface area contributed by atoms with E-state index in [2.05, 4.69) is 32.8 Å². The lowest BCUT2D eigenvalue weighted by molar-refractivity contribution is 0.216. The highest BCUT2D eigenvalue weighted by Gasteiger charge is 2.17. The Morgan fingerprint density at radius 2 is 2.24 bits per heavy atom. The number of aromatic nitrogens is 2. The smallest absolute Gasteiger partial charge is 0.217 e. The summed E-state index contributed by atoms with van der Waals surface area (Å²) in [5, 5.41) is 0. The fourth-order valence-electron chi connectivity index (χ4n) is 1.96. The standard InChI is InChI=1S/C13H19BrN2O/c1-2-4-12-15-11(14)9-13(16-12)17-8-7-10-5-3-6-10/h9-10H,2-8H2,1H3. The molecule has 0 atom stereocenters. The number of nitrogens with zero attached hydrogens (tertiary/aromatic N) is 2. The van der Waals surface area contributed by atoms with Gasteiger partial charge in [0.2, 0.25) is 5.88 Å². The van der Waals surface area contributed by atoms with Gasteiger partial charge in [0.25, 0.3) is 0 Å². The van der Waals surface area contributed by atoms with Crippen molar-refractivity contribution < 1.29 is 4.74 Å². The molecule has 0 amide bonds. The number of rotatable bonds is 6. The molecule has 1 aliphatic carbocycles. The number of hydrogen-bond acceptors (Lipinski definition) is 3. The van der Waals surface area contributed by atoms with Gasteiger partial charge in [-0.1, -0.05) is 26.2 Å². The molecule has 0 saturated heterocycles. The number of aryl methyl sites for hydroxylation is 1. The molecule has 1 aliphatic rings. The molecule has 0 unspecified atom stereocenters. The molecule has 17 heavy (non-hydrogen) atoms. The highest BCUT2D eigenvalue weighted by molar-refractivity contribution is 9.10. The Morgan fingerprint density at radius 1 is 1.41 bits per heavy atom. The van der Waals surface area contributed by atoms with Crippen LogP contribution >= 0.6 is 15.9 Å². The third-order valence-electron chi connectivity index (χ3n) is 3.19. The molecule has 3 nitrogen and oxygen atoms in total. The lowest BCUT2D eigenvalue weighted by Gasteiger charge is -2.24. The topological polar surface area (TPSA) is 35.0 Å². The van der Waals surface area contributed by atoms with Gasteiger partial charge in [0.05, 0.1) is 6.61 Å². The summed E-state index contributed by atoms with van der Waals surface area (Å²) in [6, 6.07) is 1.85. The van der Waals surface area contributed by atoms with Crippen LogP contribution < -0.4 is 4.74 Å². The van der Waals surface area contributed by atoms with Crippen LogP contribution in [0.5, 0.6) is 5.88 Å². The zero-order chi connectivity index (χ0) is 12.1. The van der Waals surface area contributed by atoms with Gasteiger partial charge in [0.1, 0.15) is 10.4 Å². The second-order valence-electron chi connectivity index (χ2n) is 4.63. The fraction of sp³-hybridized carbons (Fsp3) is 0.692.